The summed E-state index contributed by atoms with van der Waals surface area (Å²) >= 11 is 0. The molecule has 0 spiro atoms. The molecule has 222 valence electrons. The van der Waals surface area contributed by atoms with E-state index in [4.69, 9.17) is 0 Å². The van der Waals surface area contributed by atoms with E-state index in [2.05, 4.69) is 139 Å². The van der Waals surface area contributed by atoms with Crippen molar-refractivity contribution in [3.05, 3.63) is 107 Å². The molecule has 0 aliphatic carbocycles. The molecular weight excluding hydrogens is 500 g/mol. The van der Waals surface area contributed by atoms with Crippen LogP contribution in [0, 0.1) is 5.41 Å². The number of hydrogen-bond acceptors (Lipinski definition) is 1. The van der Waals surface area contributed by atoms with Gasteiger partial charge >= 0.3 is 0 Å². The van der Waals surface area contributed by atoms with Gasteiger partial charge in [-0.05, 0) is 60.1 Å². The van der Waals surface area contributed by atoms with Gasteiger partial charge in [0.05, 0.1) is 20.6 Å². The highest BCUT2D eigenvalue weighted by Gasteiger charge is 2.37. The van der Waals surface area contributed by atoms with Gasteiger partial charge in [0.2, 0.25) is 5.91 Å². The summed E-state index contributed by atoms with van der Waals surface area (Å²) < 4.78 is 0.909. The molecular formula is C38H55N2O+. The summed E-state index contributed by atoms with van der Waals surface area (Å²) in [7, 11) is 4.55. The third-order valence-electron chi connectivity index (χ3n) is 9.13. The molecule has 1 amide bonds. The molecule has 0 fully saturated rings. The number of benzene rings is 3. The van der Waals surface area contributed by atoms with Crippen LogP contribution in [0.4, 0.5) is 0 Å². The van der Waals surface area contributed by atoms with Crippen molar-refractivity contribution >= 4 is 5.91 Å². The van der Waals surface area contributed by atoms with E-state index < -0.39 is 5.41 Å². The number of amides is 1. The molecule has 0 aliphatic heterocycles. The van der Waals surface area contributed by atoms with Gasteiger partial charge < -0.3 is 9.80 Å². The first-order chi connectivity index (χ1) is 19.6. The van der Waals surface area contributed by atoms with E-state index in [0.29, 0.717) is 24.3 Å². The van der Waals surface area contributed by atoms with Gasteiger partial charge in [-0.25, -0.2) is 0 Å². The van der Waals surface area contributed by atoms with Crippen LogP contribution in [0.25, 0.3) is 0 Å². The predicted molar refractivity (Wildman–Crippen MR) is 175 cm³/mol. The Kier molecular flexibility index (Phi) is 12.2. The van der Waals surface area contributed by atoms with Crippen LogP contribution in [-0.4, -0.2) is 37.6 Å². The molecule has 0 heterocycles. The van der Waals surface area contributed by atoms with Gasteiger partial charge in [0.1, 0.15) is 6.54 Å². The Hall–Kier alpha value is -2.91. The Bertz CT molecular complexity index is 1170. The Labute approximate surface area is 251 Å². The van der Waals surface area contributed by atoms with Crippen molar-refractivity contribution in [2.45, 2.75) is 91.0 Å². The number of carbonyl (C=O) groups is 1. The molecule has 0 saturated heterocycles. The first kappa shape index (κ1) is 32.6. The highest BCUT2D eigenvalue weighted by atomic mass is 16.2. The molecule has 41 heavy (non-hydrogen) atoms. The summed E-state index contributed by atoms with van der Waals surface area (Å²) in [5.41, 5.74) is 4.95. The molecule has 0 aliphatic rings. The molecule has 1 N–H and O–H groups in total. The molecule has 3 heteroatoms. The van der Waals surface area contributed by atoms with Crippen LogP contribution in [0.1, 0.15) is 107 Å². The van der Waals surface area contributed by atoms with E-state index in [9.17, 15) is 4.79 Å². The fourth-order valence-electron chi connectivity index (χ4n) is 6.30. The Morgan fingerprint density at radius 3 is 1.88 bits per heavy atom. The quantitative estimate of drug-likeness (QED) is 0.139. The van der Waals surface area contributed by atoms with Crippen molar-refractivity contribution < 1.29 is 9.28 Å². The van der Waals surface area contributed by atoms with Crippen molar-refractivity contribution in [1.29, 1.82) is 0 Å². The van der Waals surface area contributed by atoms with Crippen LogP contribution in [0.15, 0.2) is 84.9 Å². The molecule has 4 atom stereocenters. The molecule has 3 nitrogen and oxygen atoms in total. The smallest absolute Gasteiger partial charge is 0.225 e. The van der Waals surface area contributed by atoms with E-state index in [1.165, 1.54) is 22.3 Å². The third kappa shape index (κ3) is 9.85. The van der Waals surface area contributed by atoms with E-state index in [1.54, 1.807) is 0 Å². The lowest BCUT2D eigenvalue weighted by atomic mass is 9.71. The van der Waals surface area contributed by atoms with E-state index in [1.807, 2.05) is 0 Å². The highest BCUT2D eigenvalue weighted by Crippen LogP contribution is 2.41. The highest BCUT2D eigenvalue weighted by molar-refractivity contribution is 5.82. The summed E-state index contributed by atoms with van der Waals surface area (Å²) in [4.78, 5) is 14.0. The molecule has 0 aromatic heterocycles. The molecule has 0 bridgehead atoms. The van der Waals surface area contributed by atoms with Crippen molar-refractivity contribution in [3.63, 3.8) is 0 Å². The molecule has 4 unspecified atom stereocenters. The number of nitrogens with zero attached hydrogens (tertiary/aromatic N) is 1. The Balaban J connectivity index is 1.70. The summed E-state index contributed by atoms with van der Waals surface area (Å²) in [6, 6.07) is 30.6. The third-order valence-corrected chi connectivity index (χ3v) is 9.13. The fourth-order valence-corrected chi connectivity index (χ4v) is 6.30. The molecule has 3 aromatic rings. The Morgan fingerprint density at radius 2 is 1.32 bits per heavy atom. The van der Waals surface area contributed by atoms with Gasteiger partial charge in [0, 0.05) is 23.9 Å². The molecule has 3 rings (SSSR count). The Morgan fingerprint density at radius 1 is 0.756 bits per heavy atom. The summed E-state index contributed by atoms with van der Waals surface area (Å²) in [6.07, 6.45) is 4.82. The lowest BCUT2D eigenvalue weighted by Gasteiger charge is -2.35. The van der Waals surface area contributed by atoms with Crippen LogP contribution in [0.2, 0.25) is 0 Å². The van der Waals surface area contributed by atoms with Gasteiger partial charge in [-0.1, -0.05) is 120 Å². The molecule has 0 saturated carbocycles. The minimum absolute atomic E-state index is 0.198. The summed E-state index contributed by atoms with van der Waals surface area (Å²) in [5, 5.41) is 3.38. The topological polar surface area (TPSA) is 29.1 Å². The standard InChI is InChI=1S/C38H54N2O/c1-8-30(3)34-21-23-35(24-22-34)31(4)27-38(5,28-33(9-2)36-19-14-11-15-20-36)37(41)39-25-16-26-40(6,7)29-32-17-12-10-13-18-32/h10-15,17-24,30-31,33H,8-9,16,25-29H2,1-7H3/p+1. The van der Waals surface area contributed by atoms with Gasteiger partial charge in [-0.2, -0.15) is 0 Å². The average Bonchev–Trinajstić information content (AvgIpc) is 2.98. The summed E-state index contributed by atoms with van der Waals surface area (Å²) in [6.45, 7) is 14.0. The minimum Gasteiger partial charge on any atom is -0.355 e. The van der Waals surface area contributed by atoms with Crippen molar-refractivity contribution in [2.24, 2.45) is 5.41 Å². The predicted octanol–water partition coefficient (Wildman–Crippen LogP) is 9.07. The van der Waals surface area contributed by atoms with Gasteiger partial charge in [-0.3, -0.25) is 4.79 Å². The second-order valence-corrected chi connectivity index (χ2v) is 13.3. The SMILES string of the molecule is CCC(C)c1ccc(C(C)CC(C)(CC(CC)c2ccccc2)C(=O)NCCC[N+](C)(C)Cc2ccccc2)cc1. The van der Waals surface area contributed by atoms with Crippen molar-refractivity contribution in [3.8, 4) is 0 Å². The summed E-state index contributed by atoms with van der Waals surface area (Å²) in [5.74, 6) is 1.42. The van der Waals surface area contributed by atoms with Gasteiger partial charge in [-0.15, -0.1) is 0 Å². The fraction of sp³-hybridized carbons (Fsp3) is 0.500. The maximum Gasteiger partial charge on any atom is 0.225 e. The lowest BCUT2D eigenvalue weighted by Crippen LogP contribution is -2.44. The monoisotopic (exact) mass is 555 g/mol. The maximum atomic E-state index is 14.0. The van der Waals surface area contributed by atoms with Gasteiger partial charge in [0.25, 0.3) is 0 Å². The van der Waals surface area contributed by atoms with Crippen LogP contribution in [-0.2, 0) is 11.3 Å². The van der Waals surface area contributed by atoms with Crippen LogP contribution < -0.4 is 5.32 Å². The largest absolute Gasteiger partial charge is 0.355 e. The maximum absolute atomic E-state index is 14.0. The van der Waals surface area contributed by atoms with Crippen molar-refractivity contribution in [1.82, 2.24) is 5.32 Å². The van der Waals surface area contributed by atoms with Crippen LogP contribution >= 0.6 is 0 Å². The van der Waals surface area contributed by atoms with Gasteiger partial charge in [0.15, 0.2) is 0 Å². The number of hydrogen-bond donors (Lipinski definition) is 1. The minimum atomic E-state index is -0.459. The first-order valence-corrected chi connectivity index (χ1v) is 15.9. The number of nitrogens with one attached hydrogen (secondary N) is 1. The number of carbonyl (C=O) groups excluding carboxylic acids is 1. The lowest BCUT2D eigenvalue weighted by molar-refractivity contribution is -0.903. The zero-order chi connectivity index (χ0) is 29.9. The van der Waals surface area contributed by atoms with E-state index in [0.717, 1.165) is 49.7 Å². The second-order valence-electron chi connectivity index (χ2n) is 13.3. The molecule has 0 radical (unpaired) electrons. The first-order valence-electron chi connectivity index (χ1n) is 15.9. The number of rotatable bonds is 16. The molecule has 3 aromatic carbocycles. The van der Waals surface area contributed by atoms with E-state index >= 15 is 0 Å². The zero-order valence-corrected chi connectivity index (χ0v) is 26.8. The van der Waals surface area contributed by atoms with Crippen molar-refractivity contribution in [2.75, 3.05) is 27.2 Å². The van der Waals surface area contributed by atoms with Crippen LogP contribution in [0.5, 0.6) is 0 Å². The second kappa shape index (κ2) is 15.4. The zero-order valence-electron chi connectivity index (χ0n) is 26.8. The normalized spacial score (nSPS) is 15.5. The number of quaternary nitrogens is 1. The van der Waals surface area contributed by atoms with E-state index in [-0.39, 0.29) is 5.91 Å². The average molecular weight is 556 g/mol. The van der Waals surface area contributed by atoms with Crippen LogP contribution in [0.3, 0.4) is 0 Å².